The summed E-state index contributed by atoms with van der Waals surface area (Å²) in [7, 11) is 1.35. The van der Waals surface area contributed by atoms with E-state index in [1.165, 1.54) is 7.11 Å². The minimum absolute atomic E-state index is 0.136. The maximum Gasteiger partial charge on any atom is 0.313 e. The van der Waals surface area contributed by atoms with Crippen molar-refractivity contribution in [3.8, 4) is 0 Å². The first-order valence-corrected chi connectivity index (χ1v) is 6.76. The number of carbonyl (C=O) groups excluding carboxylic acids is 1. The predicted octanol–water partition coefficient (Wildman–Crippen LogP) is 2.70. The first-order valence-electron chi connectivity index (χ1n) is 5.96. The van der Waals surface area contributed by atoms with Crippen molar-refractivity contribution in [2.24, 2.45) is 5.41 Å². The number of rotatable bonds is 6. The first-order chi connectivity index (χ1) is 8.86. The van der Waals surface area contributed by atoms with Gasteiger partial charge in [0.05, 0.1) is 25.7 Å². The Kier molecular flexibility index (Phi) is 5.97. The molecule has 0 aliphatic carbocycles. The molecule has 1 aromatic carbocycles. The Labute approximate surface area is 121 Å². The molecule has 1 aromatic rings. The fourth-order valence-corrected chi connectivity index (χ4v) is 1.99. The summed E-state index contributed by atoms with van der Waals surface area (Å²) in [6.45, 7) is 3.82. The SMILES string of the molecule is COC(=O)C(C)(C)COCC(O)c1cccc(Br)c1. The van der Waals surface area contributed by atoms with Crippen LogP contribution < -0.4 is 0 Å². The van der Waals surface area contributed by atoms with Gasteiger partial charge in [0.15, 0.2) is 0 Å². The van der Waals surface area contributed by atoms with E-state index in [1.807, 2.05) is 24.3 Å². The van der Waals surface area contributed by atoms with Crippen LogP contribution in [0.15, 0.2) is 28.7 Å². The maximum atomic E-state index is 11.5. The average Bonchev–Trinajstić information content (AvgIpc) is 2.37. The number of ether oxygens (including phenoxy) is 2. The van der Waals surface area contributed by atoms with Gasteiger partial charge in [-0.2, -0.15) is 0 Å². The molecule has 0 aromatic heterocycles. The fraction of sp³-hybridized carbons (Fsp3) is 0.500. The van der Waals surface area contributed by atoms with Crippen LogP contribution in [0.4, 0.5) is 0 Å². The predicted molar refractivity (Wildman–Crippen MR) is 75.7 cm³/mol. The third kappa shape index (κ3) is 4.93. The topological polar surface area (TPSA) is 55.8 Å². The Balaban J connectivity index is 2.47. The number of esters is 1. The standard InChI is InChI=1S/C14H19BrO4/c1-14(2,13(17)18-3)9-19-8-12(16)10-5-4-6-11(15)7-10/h4-7,12,16H,8-9H2,1-3H3. The molecule has 0 saturated heterocycles. The highest BCUT2D eigenvalue weighted by Gasteiger charge is 2.29. The van der Waals surface area contributed by atoms with Crippen LogP contribution in [0.1, 0.15) is 25.5 Å². The Bertz CT molecular complexity index is 431. The molecule has 1 rings (SSSR count). The van der Waals surface area contributed by atoms with Gasteiger partial charge in [-0.15, -0.1) is 0 Å². The summed E-state index contributed by atoms with van der Waals surface area (Å²) < 4.78 is 11.0. The lowest BCUT2D eigenvalue weighted by molar-refractivity contribution is -0.154. The van der Waals surface area contributed by atoms with E-state index in [0.29, 0.717) is 0 Å². The number of aliphatic hydroxyl groups is 1. The molecule has 5 heteroatoms. The summed E-state index contributed by atoms with van der Waals surface area (Å²) in [6, 6.07) is 7.39. The van der Waals surface area contributed by atoms with Crippen molar-refractivity contribution in [2.75, 3.05) is 20.3 Å². The van der Waals surface area contributed by atoms with Crippen molar-refractivity contribution in [3.05, 3.63) is 34.3 Å². The normalized spacial score (nSPS) is 13.1. The van der Waals surface area contributed by atoms with Gasteiger partial charge in [-0.3, -0.25) is 4.79 Å². The Hall–Kier alpha value is -0.910. The number of carbonyl (C=O) groups is 1. The minimum atomic E-state index is -0.717. The highest BCUT2D eigenvalue weighted by molar-refractivity contribution is 9.10. The lowest BCUT2D eigenvalue weighted by Crippen LogP contribution is -2.31. The lowest BCUT2D eigenvalue weighted by atomic mass is 9.95. The van der Waals surface area contributed by atoms with Crippen molar-refractivity contribution < 1.29 is 19.4 Å². The van der Waals surface area contributed by atoms with Crippen LogP contribution in [-0.4, -0.2) is 31.4 Å². The molecule has 0 radical (unpaired) electrons. The Morgan fingerprint density at radius 1 is 1.47 bits per heavy atom. The average molecular weight is 331 g/mol. The van der Waals surface area contributed by atoms with Gasteiger partial charge in [-0.25, -0.2) is 0 Å². The van der Waals surface area contributed by atoms with E-state index in [4.69, 9.17) is 4.74 Å². The van der Waals surface area contributed by atoms with E-state index in [2.05, 4.69) is 20.7 Å². The molecule has 0 aliphatic heterocycles. The quantitative estimate of drug-likeness (QED) is 0.815. The van der Waals surface area contributed by atoms with Gasteiger partial charge in [0.25, 0.3) is 0 Å². The van der Waals surface area contributed by atoms with E-state index < -0.39 is 11.5 Å². The monoisotopic (exact) mass is 330 g/mol. The van der Waals surface area contributed by atoms with Crippen LogP contribution in [-0.2, 0) is 14.3 Å². The molecule has 1 unspecified atom stereocenters. The van der Waals surface area contributed by atoms with Crippen molar-refractivity contribution in [1.29, 1.82) is 0 Å². The number of benzene rings is 1. The third-order valence-electron chi connectivity index (χ3n) is 2.71. The van der Waals surface area contributed by atoms with Gasteiger partial charge in [0, 0.05) is 4.47 Å². The summed E-state index contributed by atoms with van der Waals surface area (Å²) in [6.07, 6.45) is -0.717. The molecule has 0 bridgehead atoms. The second kappa shape index (κ2) is 7.03. The van der Waals surface area contributed by atoms with Crippen LogP contribution in [0.5, 0.6) is 0 Å². The fourth-order valence-electron chi connectivity index (χ4n) is 1.57. The molecule has 0 amide bonds. The third-order valence-corrected chi connectivity index (χ3v) is 3.20. The molecule has 0 aliphatic rings. The number of aliphatic hydroxyl groups excluding tert-OH is 1. The van der Waals surface area contributed by atoms with Crippen LogP contribution in [0.3, 0.4) is 0 Å². The van der Waals surface area contributed by atoms with E-state index in [0.717, 1.165) is 10.0 Å². The van der Waals surface area contributed by atoms with Crippen LogP contribution in [0, 0.1) is 5.41 Å². The number of methoxy groups -OCH3 is 1. The zero-order chi connectivity index (χ0) is 14.5. The molecule has 0 heterocycles. The van der Waals surface area contributed by atoms with Crippen molar-refractivity contribution >= 4 is 21.9 Å². The van der Waals surface area contributed by atoms with Gasteiger partial charge in [0.2, 0.25) is 0 Å². The highest BCUT2D eigenvalue weighted by Crippen LogP contribution is 2.21. The van der Waals surface area contributed by atoms with Gasteiger partial charge in [-0.1, -0.05) is 28.1 Å². The minimum Gasteiger partial charge on any atom is -0.469 e. The molecule has 1 N–H and O–H groups in total. The van der Waals surface area contributed by atoms with Crippen LogP contribution >= 0.6 is 15.9 Å². The Morgan fingerprint density at radius 3 is 2.74 bits per heavy atom. The largest absolute Gasteiger partial charge is 0.469 e. The van der Waals surface area contributed by atoms with E-state index >= 15 is 0 Å². The molecular weight excluding hydrogens is 312 g/mol. The molecular formula is C14H19BrO4. The van der Waals surface area contributed by atoms with Crippen molar-refractivity contribution in [1.82, 2.24) is 0 Å². The smallest absolute Gasteiger partial charge is 0.313 e. The summed E-state index contributed by atoms with van der Waals surface area (Å²) in [5, 5.41) is 9.98. The van der Waals surface area contributed by atoms with Crippen LogP contribution in [0.25, 0.3) is 0 Å². The molecule has 106 valence electrons. The maximum absolute atomic E-state index is 11.5. The van der Waals surface area contributed by atoms with Gasteiger partial charge < -0.3 is 14.6 Å². The van der Waals surface area contributed by atoms with Gasteiger partial charge in [0.1, 0.15) is 6.10 Å². The number of hydrogen-bond acceptors (Lipinski definition) is 4. The molecule has 19 heavy (non-hydrogen) atoms. The van der Waals surface area contributed by atoms with Gasteiger partial charge >= 0.3 is 5.97 Å². The Morgan fingerprint density at radius 2 is 2.16 bits per heavy atom. The van der Waals surface area contributed by atoms with E-state index in [1.54, 1.807) is 13.8 Å². The first kappa shape index (κ1) is 16.1. The number of hydrogen-bond donors (Lipinski definition) is 1. The molecule has 0 saturated carbocycles. The summed E-state index contributed by atoms with van der Waals surface area (Å²) >= 11 is 3.35. The second-order valence-electron chi connectivity index (χ2n) is 4.96. The van der Waals surface area contributed by atoms with Crippen molar-refractivity contribution in [3.63, 3.8) is 0 Å². The van der Waals surface area contributed by atoms with Gasteiger partial charge in [-0.05, 0) is 31.5 Å². The van der Waals surface area contributed by atoms with Crippen molar-refractivity contribution in [2.45, 2.75) is 20.0 Å². The zero-order valence-electron chi connectivity index (χ0n) is 11.4. The lowest BCUT2D eigenvalue weighted by Gasteiger charge is -2.22. The summed E-state index contributed by atoms with van der Waals surface area (Å²) in [4.78, 5) is 11.5. The number of halogens is 1. The summed E-state index contributed by atoms with van der Waals surface area (Å²) in [5.41, 5.74) is 0.0522. The highest BCUT2D eigenvalue weighted by atomic mass is 79.9. The van der Waals surface area contributed by atoms with E-state index in [-0.39, 0.29) is 19.2 Å². The van der Waals surface area contributed by atoms with Crippen LogP contribution in [0.2, 0.25) is 0 Å². The summed E-state index contributed by atoms with van der Waals surface area (Å²) in [5.74, 6) is -0.329. The molecule has 4 nitrogen and oxygen atoms in total. The zero-order valence-corrected chi connectivity index (χ0v) is 12.9. The second-order valence-corrected chi connectivity index (χ2v) is 5.88. The molecule has 0 fully saturated rings. The molecule has 0 spiro atoms. The van der Waals surface area contributed by atoms with E-state index in [9.17, 15) is 9.90 Å². The molecule has 1 atom stereocenters.